The summed E-state index contributed by atoms with van der Waals surface area (Å²) in [6.45, 7) is 5.08. The maximum Gasteiger partial charge on any atom is 0.317 e. The van der Waals surface area contributed by atoms with E-state index in [-0.39, 0.29) is 43.0 Å². The Bertz CT molecular complexity index is 654. The van der Waals surface area contributed by atoms with E-state index in [1.807, 2.05) is 13.8 Å². The summed E-state index contributed by atoms with van der Waals surface area (Å²) < 4.78 is 0. The number of amides is 5. The Morgan fingerprint density at radius 3 is 2.69 bits per heavy atom. The van der Waals surface area contributed by atoms with Crippen LogP contribution in [0.2, 0.25) is 0 Å². The van der Waals surface area contributed by atoms with Crippen molar-refractivity contribution in [2.45, 2.75) is 50.9 Å². The van der Waals surface area contributed by atoms with E-state index in [9.17, 15) is 19.2 Å². The minimum absolute atomic E-state index is 0.0277. The molecule has 11 heteroatoms. The molecular weight excluding hydrogens is 396 g/mol. The Labute approximate surface area is 174 Å². The largest absolute Gasteiger partial charge is 0.354 e. The highest BCUT2D eigenvalue weighted by molar-refractivity contribution is 7.99. The summed E-state index contributed by atoms with van der Waals surface area (Å²) in [6.07, 6.45) is 1.35. The van der Waals surface area contributed by atoms with Crippen LogP contribution in [0.5, 0.6) is 0 Å². The molecular formula is C18H30N6O4S. The second-order valence-corrected chi connectivity index (χ2v) is 8.89. The van der Waals surface area contributed by atoms with Crippen molar-refractivity contribution in [3.8, 4) is 0 Å². The number of hydrogen-bond donors (Lipinski definition) is 4. The third-order valence-corrected chi connectivity index (χ3v) is 6.22. The summed E-state index contributed by atoms with van der Waals surface area (Å²) in [5, 5.41) is 11.5. The van der Waals surface area contributed by atoms with Gasteiger partial charge in [0.05, 0.1) is 12.6 Å². The molecule has 0 aromatic rings. The predicted octanol–water partition coefficient (Wildman–Crippen LogP) is -1.33. The molecule has 0 spiro atoms. The van der Waals surface area contributed by atoms with Gasteiger partial charge in [-0.15, -0.1) is 11.8 Å². The zero-order chi connectivity index (χ0) is 21.0. The molecule has 0 saturated carbocycles. The highest BCUT2D eigenvalue weighted by Crippen LogP contribution is 2.18. The molecule has 0 aromatic carbocycles. The van der Waals surface area contributed by atoms with E-state index in [0.717, 1.165) is 6.42 Å². The van der Waals surface area contributed by atoms with Gasteiger partial charge >= 0.3 is 6.03 Å². The molecule has 162 valence electrons. The minimum atomic E-state index is -0.823. The third kappa shape index (κ3) is 5.33. The van der Waals surface area contributed by atoms with Crippen LogP contribution < -0.4 is 21.3 Å². The van der Waals surface area contributed by atoms with Crippen LogP contribution in [0.4, 0.5) is 4.79 Å². The maximum atomic E-state index is 13.1. The highest BCUT2D eigenvalue weighted by Gasteiger charge is 2.41. The average molecular weight is 427 g/mol. The van der Waals surface area contributed by atoms with Gasteiger partial charge < -0.3 is 25.8 Å². The molecule has 3 aliphatic heterocycles. The summed E-state index contributed by atoms with van der Waals surface area (Å²) in [7, 11) is 0. The van der Waals surface area contributed by atoms with Crippen LogP contribution in [0, 0.1) is 0 Å². The smallest absolute Gasteiger partial charge is 0.317 e. The molecule has 5 amide bonds. The number of carbonyl (C=O) groups excluding carboxylic acids is 4. The molecule has 3 atom stereocenters. The quantitative estimate of drug-likeness (QED) is 0.442. The lowest BCUT2D eigenvalue weighted by molar-refractivity contribution is -0.145. The number of rotatable bonds is 4. The zero-order valence-electron chi connectivity index (χ0n) is 16.9. The first-order chi connectivity index (χ1) is 13.9. The highest BCUT2D eigenvalue weighted by atomic mass is 32.2. The predicted molar refractivity (Wildman–Crippen MR) is 109 cm³/mol. The number of nitrogens with one attached hydrogen (secondary N) is 4. The van der Waals surface area contributed by atoms with Crippen LogP contribution in [0.3, 0.4) is 0 Å². The number of piperazine rings is 1. The fourth-order valence-corrected chi connectivity index (χ4v) is 4.66. The number of thioether (sulfide) groups is 1. The van der Waals surface area contributed by atoms with E-state index in [1.54, 1.807) is 21.6 Å². The molecule has 3 aliphatic rings. The average Bonchev–Trinajstić information content (AvgIpc) is 3.23. The first kappa shape index (κ1) is 21.7. The zero-order valence-corrected chi connectivity index (χ0v) is 17.7. The molecule has 3 heterocycles. The van der Waals surface area contributed by atoms with Crippen LogP contribution in [-0.2, 0) is 14.4 Å². The molecule has 10 nitrogen and oxygen atoms in total. The van der Waals surface area contributed by atoms with Crippen molar-refractivity contribution in [3.63, 3.8) is 0 Å². The van der Waals surface area contributed by atoms with Crippen molar-refractivity contribution >= 4 is 35.5 Å². The Balaban J connectivity index is 1.72. The van der Waals surface area contributed by atoms with Gasteiger partial charge in [0.2, 0.25) is 17.7 Å². The normalized spacial score (nSPS) is 27.6. The first-order valence-electron chi connectivity index (χ1n) is 10.1. The Morgan fingerprint density at radius 1 is 1.24 bits per heavy atom. The van der Waals surface area contributed by atoms with Gasteiger partial charge in [-0.2, -0.15) is 0 Å². The van der Waals surface area contributed by atoms with Crippen LogP contribution >= 0.6 is 11.8 Å². The van der Waals surface area contributed by atoms with E-state index < -0.39 is 18.0 Å². The minimum Gasteiger partial charge on any atom is -0.354 e. The molecule has 0 radical (unpaired) electrons. The molecule has 3 unspecified atom stereocenters. The van der Waals surface area contributed by atoms with Crippen molar-refractivity contribution in [1.29, 1.82) is 0 Å². The van der Waals surface area contributed by atoms with E-state index in [4.69, 9.17) is 0 Å². The summed E-state index contributed by atoms with van der Waals surface area (Å²) >= 11 is 1.64. The van der Waals surface area contributed by atoms with Gasteiger partial charge in [0.25, 0.3) is 0 Å². The second-order valence-electron chi connectivity index (χ2n) is 7.86. The van der Waals surface area contributed by atoms with Gasteiger partial charge in [-0.05, 0) is 26.7 Å². The lowest BCUT2D eigenvalue weighted by Crippen LogP contribution is -2.66. The first-order valence-corrected chi connectivity index (χ1v) is 11.3. The summed E-state index contributed by atoms with van der Waals surface area (Å²) in [4.78, 5) is 53.7. The van der Waals surface area contributed by atoms with Crippen molar-refractivity contribution in [2.75, 3.05) is 37.8 Å². The molecule has 3 rings (SSSR count). The van der Waals surface area contributed by atoms with Crippen molar-refractivity contribution < 1.29 is 19.2 Å². The fraction of sp³-hybridized carbons (Fsp3) is 0.778. The maximum absolute atomic E-state index is 13.1. The summed E-state index contributed by atoms with van der Waals surface area (Å²) in [6, 6.07) is -2.04. The van der Waals surface area contributed by atoms with E-state index in [0.29, 0.717) is 31.1 Å². The Morgan fingerprint density at radius 2 is 2.03 bits per heavy atom. The van der Waals surface area contributed by atoms with E-state index in [1.165, 1.54) is 0 Å². The number of piperidine rings is 1. The number of urea groups is 1. The monoisotopic (exact) mass is 426 g/mol. The topological polar surface area (TPSA) is 123 Å². The molecule has 4 N–H and O–H groups in total. The van der Waals surface area contributed by atoms with Crippen molar-refractivity contribution in [3.05, 3.63) is 0 Å². The van der Waals surface area contributed by atoms with Gasteiger partial charge in [0.1, 0.15) is 12.1 Å². The number of hydrogen-bond acceptors (Lipinski definition) is 6. The van der Waals surface area contributed by atoms with Crippen LogP contribution in [-0.4, -0.2) is 95.5 Å². The second kappa shape index (κ2) is 9.66. The molecule has 0 aliphatic carbocycles. The standard InChI is InChI=1S/C18H30N6O4S/c1-11(2)21-18(28)23-6-7-24(17(27)13-9-29-10-20-13)14(8-23)16(26)22-12-4-3-5-19-15(12)25/h11-14,20H,3-10H2,1-2H3,(H,19,25)(H,21,28)(H,22,26). The fourth-order valence-electron chi connectivity index (χ4n) is 3.73. The van der Waals surface area contributed by atoms with Gasteiger partial charge in [-0.25, -0.2) is 4.79 Å². The van der Waals surface area contributed by atoms with Crippen LogP contribution in [0.25, 0.3) is 0 Å². The van der Waals surface area contributed by atoms with Crippen molar-refractivity contribution in [1.82, 2.24) is 31.1 Å². The Hall–Kier alpha value is -2.01. The molecule has 3 fully saturated rings. The molecule has 0 aromatic heterocycles. The van der Waals surface area contributed by atoms with Gasteiger partial charge in [0, 0.05) is 37.3 Å². The van der Waals surface area contributed by atoms with Gasteiger partial charge in [0.15, 0.2) is 0 Å². The molecule has 29 heavy (non-hydrogen) atoms. The SMILES string of the molecule is CC(C)NC(=O)N1CCN(C(=O)C2CSCN2)C(C(=O)NC2CCCNC2=O)C1. The van der Waals surface area contributed by atoms with Crippen molar-refractivity contribution in [2.24, 2.45) is 0 Å². The third-order valence-electron chi connectivity index (χ3n) is 5.28. The lowest BCUT2D eigenvalue weighted by Gasteiger charge is -2.42. The molecule has 0 bridgehead atoms. The van der Waals surface area contributed by atoms with E-state index in [2.05, 4.69) is 21.3 Å². The van der Waals surface area contributed by atoms with Gasteiger partial charge in [-0.3, -0.25) is 19.7 Å². The molecule has 3 saturated heterocycles. The number of nitrogens with zero attached hydrogens (tertiary/aromatic N) is 2. The summed E-state index contributed by atoms with van der Waals surface area (Å²) in [5.74, 6) is 0.625. The lowest BCUT2D eigenvalue weighted by atomic mass is 10.0. The van der Waals surface area contributed by atoms with Crippen LogP contribution in [0.15, 0.2) is 0 Å². The van der Waals surface area contributed by atoms with Crippen LogP contribution in [0.1, 0.15) is 26.7 Å². The van der Waals surface area contributed by atoms with E-state index >= 15 is 0 Å². The number of carbonyl (C=O) groups is 4. The summed E-state index contributed by atoms with van der Waals surface area (Å²) in [5.41, 5.74) is 0. The Kier molecular flexibility index (Phi) is 7.23. The van der Waals surface area contributed by atoms with Gasteiger partial charge in [-0.1, -0.05) is 0 Å².